The van der Waals surface area contributed by atoms with Gasteiger partial charge in [0.05, 0.1) is 0 Å². The molecule has 0 aliphatic heterocycles. The van der Waals surface area contributed by atoms with E-state index in [1.54, 1.807) is 0 Å². The van der Waals surface area contributed by atoms with Gasteiger partial charge in [-0.3, -0.25) is 0 Å². The monoisotopic (exact) mass is 183 g/mol. The quantitative estimate of drug-likeness (QED) is 0.350. The smallest absolute Gasteiger partial charge is 0.358 e. The van der Waals surface area contributed by atoms with Crippen LogP contribution in [0.25, 0.3) is 0 Å². The summed E-state index contributed by atoms with van der Waals surface area (Å²) in [5, 5.41) is 0. The van der Waals surface area contributed by atoms with Gasteiger partial charge in [-0.1, -0.05) is 40.0 Å². The summed E-state index contributed by atoms with van der Waals surface area (Å²) in [5.41, 5.74) is 0. The number of rotatable bonds is 4. The van der Waals surface area contributed by atoms with E-state index >= 15 is 0 Å². The predicted molar refractivity (Wildman–Crippen MR) is 51.9 cm³/mol. The Balaban J connectivity index is -0.0000000564. The van der Waals surface area contributed by atoms with Crippen molar-refractivity contribution in [2.24, 2.45) is 0 Å². The maximum absolute atomic E-state index is 2.23. The molecule has 0 aliphatic carbocycles. The van der Waals surface area contributed by atoms with E-state index in [1.807, 2.05) is 13.8 Å². The molecular formula is C10H24K-. The minimum atomic E-state index is 0. The molecule has 0 saturated carbocycles. The van der Waals surface area contributed by atoms with E-state index in [0.717, 1.165) is 0 Å². The van der Waals surface area contributed by atoms with Crippen LogP contribution in [0.5, 0.6) is 0 Å². The van der Waals surface area contributed by atoms with Gasteiger partial charge >= 0.3 is 51.4 Å². The van der Waals surface area contributed by atoms with Crippen molar-refractivity contribution in [3.05, 3.63) is 13.8 Å². The Hall–Kier alpha value is 1.64. The van der Waals surface area contributed by atoms with Crippen molar-refractivity contribution in [2.45, 2.75) is 53.4 Å². The maximum atomic E-state index is 2.23. The van der Waals surface area contributed by atoms with Crippen LogP contribution in [-0.4, -0.2) is 0 Å². The summed E-state index contributed by atoms with van der Waals surface area (Å²) in [6, 6.07) is 0. The average Bonchev–Trinajstić information content (AvgIpc) is 1.94. The molecule has 0 atom stereocenters. The summed E-state index contributed by atoms with van der Waals surface area (Å²) in [5.74, 6) is 0. The van der Waals surface area contributed by atoms with Gasteiger partial charge in [0.1, 0.15) is 0 Å². The first kappa shape index (κ1) is 22.9. The largest absolute Gasteiger partial charge is 1.00 e. The minimum Gasteiger partial charge on any atom is -0.358 e. The Morgan fingerprint density at radius 2 is 1.55 bits per heavy atom. The molecule has 0 saturated heterocycles. The van der Waals surface area contributed by atoms with Crippen molar-refractivity contribution in [3.63, 3.8) is 0 Å². The zero-order valence-electron chi connectivity index (χ0n) is 9.41. The molecular weight excluding hydrogens is 159 g/mol. The molecule has 0 aliphatic rings. The van der Waals surface area contributed by atoms with E-state index in [2.05, 4.69) is 20.3 Å². The summed E-state index contributed by atoms with van der Waals surface area (Å²) in [4.78, 5) is 0. The third-order valence-corrected chi connectivity index (χ3v) is 1.10. The van der Waals surface area contributed by atoms with Crippen LogP contribution in [0.2, 0.25) is 0 Å². The van der Waals surface area contributed by atoms with Gasteiger partial charge in [0.2, 0.25) is 0 Å². The van der Waals surface area contributed by atoms with E-state index < -0.39 is 0 Å². The molecule has 0 nitrogen and oxygen atoms in total. The summed E-state index contributed by atoms with van der Waals surface area (Å²) >= 11 is 0. The second-order valence-electron chi connectivity index (χ2n) is 1.90. The van der Waals surface area contributed by atoms with E-state index in [4.69, 9.17) is 0 Å². The number of hydrogen-bond acceptors (Lipinski definition) is 0. The Morgan fingerprint density at radius 3 is 1.82 bits per heavy atom. The molecule has 0 aromatic carbocycles. The molecule has 0 rings (SSSR count). The van der Waals surface area contributed by atoms with Gasteiger partial charge in [0, 0.05) is 0 Å². The first-order chi connectivity index (χ1) is 4.41. The van der Waals surface area contributed by atoms with Gasteiger partial charge in [0.25, 0.3) is 0 Å². The zero-order valence-corrected chi connectivity index (χ0v) is 12.5. The fourth-order valence-electron chi connectivity index (χ4n) is 0.598. The van der Waals surface area contributed by atoms with E-state index in [9.17, 15) is 0 Å². The molecule has 0 bridgehead atoms. The van der Waals surface area contributed by atoms with Gasteiger partial charge in [-0.05, 0) is 0 Å². The Labute approximate surface area is 117 Å². The van der Waals surface area contributed by atoms with Crippen LogP contribution in [0.4, 0.5) is 0 Å². The number of hydrogen-bond donors (Lipinski definition) is 0. The van der Waals surface area contributed by atoms with E-state index in [1.165, 1.54) is 25.7 Å². The zero-order chi connectivity index (χ0) is 7.54. The summed E-state index contributed by atoms with van der Waals surface area (Å²) in [7, 11) is 0. The number of unbranched alkanes of at least 4 members (excludes halogenated alkanes) is 4. The molecule has 0 fully saturated rings. The van der Waals surface area contributed by atoms with Gasteiger partial charge in [-0.25, -0.2) is 0 Å². The standard InChI is InChI=1S/C7H15.C2H6.CH3.K/c1-3-5-7-6-4-2;1-2;;/h3H,4-7H2,1-2H3;1-2H3;1H3;/q-1;;-1;+1. The first-order valence-electron chi connectivity index (χ1n) is 4.19. The summed E-state index contributed by atoms with van der Waals surface area (Å²) < 4.78 is 0. The fourth-order valence-corrected chi connectivity index (χ4v) is 0.598. The molecule has 0 unspecified atom stereocenters. The molecule has 0 radical (unpaired) electrons. The van der Waals surface area contributed by atoms with E-state index in [-0.39, 0.29) is 58.8 Å². The van der Waals surface area contributed by atoms with Crippen molar-refractivity contribution >= 4 is 0 Å². The molecule has 11 heavy (non-hydrogen) atoms. The van der Waals surface area contributed by atoms with Crippen LogP contribution in [0.3, 0.4) is 0 Å². The predicted octanol–water partition coefficient (Wildman–Crippen LogP) is 1.27. The molecule has 66 valence electrons. The SMILES string of the molecule is CC.C[CH-]CCCCC.[CH3-].[K+]. The molecule has 0 aromatic heterocycles. The molecule has 1 heteroatoms. The van der Waals surface area contributed by atoms with Crippen LogP contribution in [0.1, 0.15) is 53.4 Å². The van der Waals surface area contributed by atoms with Gasteiger partial charge in [0.15, 0.2) is 0 Å². The first-order valence-corrected chi connectivity index (χ1v) is 4.19. The average molecular weight is 183 g/mol. The second kappa shape index (κ2) is 29.9. The van der Waals surface area contributed by atoms with E-state index in [0.29, 0.717) is 0 Å². The molecule has 0 spiro atoms. The molecule has 0 aromatic rings. The van der Waals surface area contributed by atoms with Crippen LogP contribution in [0.15, 0.2) is 0 Å². The third-order valence-electron chi connectivity index (χ3n) is 1.10. The van der Waals surface area contributed by atoms with Crippen molar-refractivity contribution in [1.29, 1.82) is 0 Å². The Kier molecular flexibility index (Phi) is 62.3. The van der Waals surface area contributed by atoms with Crippen molar-refractivity contribution in [2.75, 3.05) is 0 Å². The topological polar surface area (TPSA) is 0 Å². The van der Waals surface area contributed by atoms with Crippen LogP contribution >= 0.6 is 0 Å². The molecule has 0 amide bonds. The second-order valence-corrected chi connectivity index (χ2v) is 1.90. The van der Waals surface area contributed by atoms with Crippen LogP contribution in [-0.2, 0) is 0 Å². The van der Waals surface area contributed by atoms with Crippen molar-refractivity contribution in [1.82, 2.24) is 0 Å². The van der Waals surface area contributed by atoms with Crippen molar-refractivity contribution in [3.8, 4) is 0 Å². The van der Waals surface area contributed by atoms with Crippen molar-refractivity contribution < 1.29 is 51.4 Å². The Morgan fingerprint density at radius 1 is 1.09 bits per heavy atom. The summed E-state index contributed by atoms with van der Waals surface area (Å²) in [6.45, 7) is 8.35. The summed E-state index contributed by atoms with van der Waals surface area (Å²) in [6.07, 6.45) is 7.65. The Bertz CT molecular complexity index is 24.1. The normalized spacial score (nSPS) is 6.55. The van der Waals surface area contributed by atoms with Crippen LogP contribution < -0.4 is 51.4 Å². The molecule has 0 N–H and O–H groups in total. The maximum Gasteiger partial charge on any atom is 1.00 e. The molecule has 0 heterocycles. The van der Waals surface area contributed by atoms with Crippen LogP contribution in [0, 0.1) is 13.8 Å². The third kappa shape index (κ3) is 34.0. The minimum absolute atomic E-state index is 0. The van der Waals surface area contributed by atoms with Gasteiger partial charge in [-0.15, -0.1) is 0 Å². The van der Waals surface area contributed by atoms with Gasteiger partial charge < -0.3 is 13.8 Å². The fraction of sp³-hybridized carbons (Fsp3) is 0.800. The van der Waals surface area contributed by atoms with Gasteiger partial charge in [-0.2, -0.15) is 13.3 Å².